The average Bonchev–Trinajstić information content (AvgIpc) is 3.51. The molecule has 34 heteroatoms. The van der Waals surface area contributed by atoms with Crippen LogP contribution in [0.1, 0.15) is 5.56 Å². The molecule has 3 atom stereocenters. The smallest absolute Gasteiger partial charge is 0.480 e. The molecule has 0 aromatic heterocycles. The number of carbonyl (C=O) groups excluding carboxylic acids is 2. The number of hydrogen-bond acceptors (Lipinski definition) is 29. The summed E-state index contributed by atoms with van der Waals surface area (Å²) >= 11 is 6.56. The lowest BCUT2D eigenvalue weighted by Crippen LogP contribution is -2.43. The number of aliphatic carboxylic acids is 2. The van der Waals surface area contributed by atoms with Crippen molar-refractivity contribution < 1.29 is 119 Å². The quantitative estimate of drug-likeness (QED) is 0.00685. The second-order valence-corrected chi connectivity index (χ2v) is 19.9. The summed E-state index contributed by atoms with van der Waals surface area (Å²) in [4.78, 5) is 54.3. The minimum atomic E-state index is -3.68. The zero-order chi connectivity index (χ0) is 62.9. The molecule has 0 aliphatic rings. The fourth-order valence-electron chi connectivity index (χ4n) is 4.51. The van der Waals surface area contributed by atoms with E-state index in [0.29, 0.717) is 90.8 Å². The predicted molar refractivity (Wildman–Crippen MR) is 309 cm³/mol. The van der Waals surface area contributed by atoms with Gasteiger partial charge < -0.3 is 98.8 Å². The maximum atomic E-state index is 11.7. The Bertz CT molecular complexity index is 2010. The Balaban J connectivity index is -0.00000100. The van der Waals surface area contributed by atoms with E-state index < -0.39 is 63.6 Å². The van der Waals surface area contributed by atoms with Gasteiger partial charge in [0.1, 0.15) is 31.0 Å². The highest BCUT2D eigenvalue weighted by atomic mass is 32.2. The van der Waals surface area contributed by atoms with Crippen molar-refractivity contribution in [1.82, 2.24) is 5.32 Å². The van der Waals surface area contributed by atoms with Crippen LogP contribution in [-0.2, 0) is 80.7 Å². The fourth-order valence-corrected chi connectivity index (χ4v) is 7.25. The molecule has 0 fully saturated rings. The van der Waals surface area contributed by atoms with Crippen molar-refractivity contribution in [2.75, 3.05) is 183 Å². The Kier molecular flexibility index (Phi) is 58.1. The van der Waals surface area contributed by atoms with E-state index >= 15 is 0 Å². The van der Waals surface area contributed by atoms with Crippen LogP contribution in [0.25, 0.3) is 0 Å². The van der Waals surface area contributed by atoms with Gasteiger partial charge in [-0.1, -0.05) is 17.7 Å². The zero-order valence-electron chi connectivity index (χ0n) is 47.7. The molecule has 2 rings (SSSR count). The van der Waals surface area contributed by atoms with E-state index in [0.717, 1.165) is 11.3 Å². The molecular formula is C49H86N4O26S4. The third kappa shape index (κ3) is 54.1. The number of aryl methyl sites for hydroxylation is 1. The van der Waals surface area contributed by atoms with Crippen LogP contribution in [0.3, 0.4) is 0 Å². The molecule has 83 heavy (non-hydrogen) atoms. The average molecular weight is 1280 g/mol. The maximum Gasteiger partial charge on any atom is 0.513 e. The molecule has 0 heterocycles. The molecule has 9 N–H and O–H groups in total. The highest BCUT2D eigenvalue weighted by Gasteiger charge is 2.21. The van der Waals surface area contributed by atoms with Gasteiger partial charge in [-0.2, -0.15) is 44.6 Å². The van der Waals surface area contributed by atoms with Gasteiger partial charge in [-0.15, -0.1) is 0 Å². The highest BCUT2D eigenvalue weighted by Crippen LogP contribution is 2.18. The Hall–Kier alpha value is -4.28. The number of aliphatic hydroxyl groups excluding tert-OH is 1. The van der Waals surface area contributed by atoms with Crippen molar-refractivity contribution in [2.45, 2.75) is 36.2 Å². The standard InChI is InChI=1S/C14H27NO8S.C12H15NO7.C12H18O5S.C8H17NO4S.C3H9NO2S/c1-19-3-5-21-7-8-23-14(18)15-12(13(16)17)11-24-10-9-22-6-4-20-2;1-17-6-7-18-8-9-19-12(14)20-11-4-2-10(3-5-11)13(15)16;1-11-3-5-12(6-4-11)18(13,14)17-10-9-16-8-7-15-2;1-12-2-3-13-4-5-14-6-7(9)8(10)11;4-2(1-7)3(5)6/h12H,3-11H2,1-2H3,(H,15,18)(H,16,17);2-5H,6-9H2,1H3;3-6H,7-10H2,1-2H3;7H,2-6,9H2,1H3,(H,10,11);2-3,5-7H,1,4H2. The summed E-state index contributed by atoms with van der Waals surface area (Å²) < 4.78 is 92.4. The lowest BCUT2D eigenvalue weighted by molar-refractivity contribution is -0.384. The van der Waals surface area contributed by atoms with E-state index in [9.17, 15) is 37.7 Å². The largest absolute Gasteiger partial charge is 0.513 e. The molecule has 482 valence electrons. The van der Waals surface area contributed by atoms with E-state index in [1.54, 1.807) is 47.7 Å². The molecule has 0 aliphatic heterocycles. The third-order valence-corrected chi connectivity index (χ3v) is 12.7. The lowest BCUT2D eigenvalue weighted by atomic mass is 10.2. The van der Waals surface area contributed by atoms with Gasteiger partial charge in [0.25, 0.3) is 15.8 Å². The van der Waals surface area contributed by atoms with Crippen LogP contribution < -0.4 is 21.5 Å². The number of alkyl carbamates (subject to hydrolysis) is 1. The number of non-ortho nitro benzene ring substituents is 1. The Morgan fingerprint density at radius 2 is 1.04 bits per heavy atom. The minimum Gasteiger partial charge on any atom is -0.480 e. The second-order valence-electron chi connectivity index (χ2n) is 15.6. The second kappa shape index (κ2) is 58.1. The monoisotopic (exact) mass is 1270 g/mol. The summed E-state index contributed by atoms with van der Waals surface area (Å²) in [5.41, 5.74) is 11.2. The number of amides is 1. The Morgan fingerprint density at radius 3 is 1.43 bits per heavy atom. The molecule has 3 unspecified atom stereocenters. The number of nitrogens with zero attached hydrogens (tertiary/aromatic N) is 1. The normalized spacial score (nSPS) is 11.8. The van der Waals surface area contributed by atoms with Gasteiger partial charge in [0.05, 0.1) is 122 Å². The van der Waals surface area contributed by atoms with E-state index in [4.69, 9.17) is 97.7 Å². The number of nitrogens with two attached hydrogens (primary N) is 2. The molecule has 2 aromatic carbocycles. The fraction of sp³-hybridized carbons (Fsp3) is 0.673. The summed E-state index contributed by atoms with van der Waals surface area (Å²) in [7, 11) is 4.21. The molecule has 0 spiro atoms. The van der Waals surface area contributed by atoms with Gasteiger partial charge in [0, 0.05) is 76.4 Å². The first-order chi connectivity index (χ1) is 39.7. The van der Waals surface area contributed by atoms with Crippen LogP contribution in [0.5, 0.6) is 5.75 Å². The van der Waals surface area contributed by atoms with E-state index in [2.05, 4.69) is 17.9 Å². The van der Waals surface area contributed by atoms with Crippen molar-refractivity contribution in [3.63, 3.8) is 0 Å². The number of thiol groups is 1. The number of nitrogens with one attached hydrogen (secondary N) is 1. The van der Waals surface area contributed by atoms with E-state index in [1.807, 2.05) is 6.92 Å². The van der Waals surface area contributed by atoms with Crippen LogP contribution in [0.15, 0.2) is 53.4 Å². The number of thioether (sulfide) groups is 2. The van der Waals surface area contributed by atoms with Gasteiger partial charge in [-0.05, 0) is 31.2 Å². The summed E-state index contributed by atoms with van der Waals surface area (Å²) in [6.07, 6.45) is -3.11. The number of carboxylic acid groups (broad SMARTS) is 2. The third-order valence-electron chi connectivity index (χ3n) is 8.92. The number of aliphatic hydroxyl groups is 2. The lowest BCUT2D eigenvalue weighted by Gasteiger charge is -2.14. The molecule has 30 nitrogen and oxygen atoms in total. The Morgan fingerprint density at radius 1 is 0.614 bits per heavy atom. The molecule has 0 radical (unpaired) electrons. The topological polar surface area (TPSA) is 420 Å². The van der Waals surface area contributed by atoms with Gasteiger partial charge in [-0.25, -0.2) is 14.4 Å². The number of ether oxygens (including phenoxy) is 13. The molecule has 2 aromatic rings. The van der Waals surface area contributed by atoms with Gasteiger partial charge in [0.15, 0.2) is 6.29 Å². The van der Waals surface area contributed by atoms with Crippen molar-refractivity contribution in [3.8, 4) is 5.75 Å². The first kappa shape index (κ1) is 82.9. The molecule has 0 saturated heterocycles. The van der Waals surface area contributed by atoms with Gasteiger partial charge in [-0.3, -0.25) is 19.1 Å². The number of hydrogen-bond donors (Lipinski definition) is 8. The van der Waals surface area contributed by atoms with Crippen molar-refractivity contribution in [3.05, 3.63) is 64.2 Å². The number of carbonyl (C=O) groups is 4. The SMILES string of the molecule is COCCOCCOC(=O)NC(CSCCOCCOC)C(=O)O.COCCOCCOC(=O)Oc1ccc([N+](=O)[O-])cc1.COCCOCCOS(=O)(=O)c1ccc(C)cc1.COCCOCCSCC(N)C(=O)O.NC(CS)C(O)O. The molecular weight excluding hydrogens is 1190 g/mol. The zero-order valence-corrected chi connectivity index (χ0v) is 51.1. The van der Waals surface area contributed by atoms with Gasteiger partial charge >= 0.3 is 24.2 Å². The summed E-state index contributed by atoms with van der Waals surface area (Å²) in [5.74, 6) is 0.403. The summed E-state index contributed by atoms with van der Waals surface area (Å²) in [6.45, 7) is 8.56. The van der Waals surface area contributed by atoms with E-state index in [1.165, 1.54) is 59.9 Å². The van der Waals surface area contributed by atoms with Crippen molar-refractivity contribution in [2.24, 2.45) is 11.5 Å². The highest BCUT2D eigenvalue weighted by molar-refractivity contribution is 7.99. The first-order valence-corrected chi connectivity index (χ1v) is 29.4. The van der Waals surface area contributed by atoms with E-state index in [-0.39, 0.29) is 67.5 Å². The van der Waals surface area contributed by atoms with Crippen molar-refractivity contribution >= 4 is 76.1 Å². The maximum absolute atomic E-state index is 11.7. The molecule has 0 bridgehead atoms. The number of carboxylic acids is 2. The Labute approximate surface area is 499 Å². The number of benzene rings is 2. The minimum absolute atomic E-state index is 0.0000753. The van der Waals surface area contributed by atoms with Crippen LogP contribution >= 0.6 is 36.2 Å². The first-order valence-electron chi connectivity index (χ1n) is 25.1. The van der Waals surface area contributed by atoms with Gasteiger partial charge in [0.2, 0.25) is 0 Å². The van der Waals surface area contributed by atoms with Crippen LogP contribution in [0, 0.1) is 17.0 Å². The summed E-state index contributed by atoms with van der Waals surface area (Å²) in [6, 6.07) is 9.18. The van der Waals surface area contributed by atoms with Crippen LogP contribution in [0.4, 0.5) is 15.3 Å². The van der Waals surface area contributed by atoms with Crippen molar-refractivity contribution in [1.29, 1.82) is 0 Å². The number of nitro groups is 1. The predicted octanol–water partition coefficient (Wildman–Crippen LogP) is 1.71. The number of rotatable bonds is 43. The molecule has 1 amide bonds. The number of nitro benzene ring substituents is 1. The van der Waals surface area contributed by atoms with Crippen LogP contribution in [0.2, 0.25) is 0 Å². The summed E-state index contributed by atoms with van der Waals surface area (Å²) in [5, 5.41) is 46.7. The van der Waals surface area contributed by atoms with Crippen LogP contribution in [-0.4, -0.2) is 266 Å². The molecule has 0 saturated carbocycles. The number of methoxy groups -OCH3 is 5. The molecule has 0 aliphatic carbocycles.